The maximum Gasteiger partial charge on any atom is 0.0608 e. The molecule has 1 heterocycles. The Labute approximate surface area is 106 Å². The zero-order valence-corrected chi connectivity index (χ0v) is 11.7. The van der Waals surface area contributed by atoms with Gasteiger partial charge in [-0.25, -0.2) is 0 Å². The van der Waals surface area contributed by atoms with Crippen molar-refractivity contribution in [3.8, 4) is 0 Å². The maximum atomic E-state index is 9.09. The molecular formula is C13H29N3O. The summed E-state index contributed by atoms with van der Waals surface area (Å²) in [5.74, 6) is 0. The van der Waals surface area contributed by atoms with Gasteiger partial charge in [0.1, 0.15) is 0 Å². The summed E-state index contributed by atoms with van der Waals surface area (Å²) in [7, 11) is 0. The van der Waals surface area contributed by atoms with Crippen LogP contribution >= 0.6 is 0 Å². The van der Waals surface area contributed by atoms with Crippen LogP contribution in [-0.4, -0.2) is 65.8 Å². The van der Waals surface area contributed by atoms with E-state index in [-0.39, 0.29) is 6.61 Å². The highest BCUT2D eigenvalue weighted by molar-refractivity contribution is 4.81. The van der Waals surface area contributed by atoms with Crippen LogP contribution < -0.4 is 5.73 Å². The third kappa shape index (κ3) is 4.92. The molecular weight excluding hydrogens is 214 g/mol. The number of piperazine rings is 1. The second-order valence-corrected chi connectivity index (χ2v) is 5.69. The Morgan fingerprint density at radius 2 is 2.12 bits per heavy atom. The molecule has 0 saturated carbocycles. The standard InChI is InChI=1S/C13H29N3O/c1-4-16-9-8-15(10-12(16)2)7-5-6-13(3,14)11-17/h12,17H,4-11,14H2,1-3H3. The van der Waals surface area contributed by atoms with Crippen LogP contribution in [0.5, 0.6) is 0 Å². The van der Waals surface area contributed by atoms with E-state index in [0.717, 1.165) is 32.5 Å². The van der Waals surface area contributed by atoms with Crippen molar-refractivity contribution in [2.75, 3.05) is 39.3 Å². The van der Waals surface area contributed by atoms with E-state index in [2.05, 4.69) is 23.6 Å². The summed E-state index contributed by atoms with van der Waals surface area (Å²) >= 11 is 0. The second kappa shape index (κ2) is 6.69. The Bertz CT molecular complexity index is 221. The lowest BCUT2D eigenvalue weighted by molar-refractivity contribution is 0.0844. The van der Waals surface area contributed by atoms with Gasteiger partial charge in [-0.15, -0.1) is 0 Å². The lowest BCUT2D eigenvalue weighted by atomic mass is 9.98. The van der Waals surface area contributed by atoms with Crippen LogP contribution in [0.15, 0.2) is 0 Å². The first-order valence-electron chi connectivity index (χ1n) is 6.84. The molecule has 2 atom stereocenters. The number of aliphatic hydroxyl groups excluding tert-OH is 1. The lowest BCUT2D eigenvalue weighted by Crippen LogP contribution is -2.52. The van der Waals surface area contributed by atoms with Crippen molar-refractivity contribution in [3.05, 3.63) is 0 Å². The maximum absolute atomic E-state index is 9.09. The zero-order chi connectivity index (χ0) is 12.9. The Balaban J connectivity index is 2.21. The van der Waals surface area contributed by atoms with Crippen LogP contribution in [0.2, 0.25) is 0 Å². The Kier molecular flexibility index (Phi) is 5.86. The SMILES string of the molecule is CCN1CCN(CCCC(C)(N)CO)CC1C. The molecule has 0 bridgehead atoms. The third-order valence-electron chi connectivity index (χ3n) is 3.84. The van der Waals surface area contributed by atoms with Gasteiger partial charge in [0.2, 0.25) is 0 Å². The zero-order valence-electron chi connectivity index (χ0n) is 11.7. The smallest absolute Gasteiger partial charge is 0.0608 e. The topological polar surface area (TPSA) is 52.7 Å². The number of likely N-dealkylation sites (N-methyl/N-ethyl adjacent to an activating group) is 1. The van der Waals surface area contributed by atoms with Crippen molar-refractivity contribution in [2.45, 2.75) is 45.2 Å². The summed E-state index contributed by atoms with van der Waals surface area (Å²) < 4.78 is 0. The molecule has 0 radical (unpaired) electrons. The van der Waals surface area contributed by atoms with Gasteiger partial charge < -0.3 is 15.7 Å². The first kappa shape index (κ1) is 14.9. The highest BCUT2D eigenvalue weighted by Crippen LogP contribution is 2.12. The molecule has 1 aliphatic heterocycles. The molecule has 1 saturated heterocycles. The number of aliphatic hydroxyl groups is 1. The molecule has 1 rings (SSSR count). The van der Waals surface area contributed by atoms with Gasteiger partial charge in [-0.1, -0.05) is 6.92 Å². The Hall–Kier alpha value is -0.160. The average Bonchev–Trinajstić information content (AvgIpc) is 2.29. The molecule has 2 unspecified atom stereocenters. The van der Waals surface area contributed by atoms with E-state index in [9.17, 15) is 0 Å². The Morgan fingerprint density at radius 3 is 2.65 bits per heavy atom. The third-order valence-corrected chi connectivity index (χ3v) is 3.84. The fourth-order valence-corrected chi connectivity index (χ4v) is 2.53. The van der Waals surface area contributed by atoms with Gasteiger partial charge in [0.25, 0.3) is 0 Å². The van der Waals surface area contributed by atoms with Crippen molar-refractivity contribution in [3.63, 3.8) is 0 Å². The molecule has 1 fully saturated rings. The van der Waals surface area contributed by atoms with Crippen molar-refractivity contribution >= 4 is 0 Å². The predicted octanol–water partition coefficient (Wildman–Crippen LogP) is 0.502. The first-order chi connectivity index (χ1) is 7.98. The van der Waals surface area contributed by atoms with E-state index in [1.807, 2.05) is 6.92 Å². The highest BCUT2D eigenvalue weighted by Gasteiger charge is 2.23. The van der Waals surface area contributed by atoms with Crippen molar-refractivity contribution < 1.29 is 5.11 Å². The van der Waals surface area contributed by atoms with Crippen LogP contribution in [0, 0.1) is 0 Å². The summed E-state index contributed by atoms with van der Waals surface area (Å²) in [6.07, 6.45) is 1.97. The first-order valence-corrected chi connectivity index (χ1v) is 6.84. The van der Waals surface area contributed by atoms with Crippen LogP contribution in [0.4, 0.5) is 0 Å². The minimum Gasteiger partial charge on any atom is -0.394 e. The molecule has 0 aromatic rings. The number of hydrogen-bond acceptors (Lipinski definition) is 4. The summed E-state index contributed by atoms with van der Waals surface area (Å²) in [6.45, 7) is 12.3. The van der Waals surface area contributed by atoms with Gasteiger partial charge in [0.05, 0.1) is 6.61 Å². The molecule has 0 aromatic heterocycles. The van der Waals surface area contributed by atoms with Gasteiger partial charge in [-0.3, -0.25) is 4.90 Å². The average molecular weight is 243 g/mol. The molecule has 4 heteroatoms. The lowest BCUT2D eigenvalue weighted by Gasteiger charge is -2.39. The highest BCUT2D eigenvalue weighted by atomic mass is 16.3. The van der Waals surface area contributed by atoms with Crippen molar-refractivity contribution in [1.29, 1.82) is 0 Å². The number of nitrogens with two attached hydrogens (primary N) is 1. The van der Waals surface area contributed by atoms with Crippen LogP contribution in [0.25, 0.3) is 0 Å². The molecule has 1 aliphatic rings. The molecule has 4 nitrogen and oxygen atoms in total. The fourth-order valence-electron chi connectivity index (χ4n) is 2.53. The quantitative estimate of drug-likeness (QED) is 0.713. The van der Waals surface area contributed by atoms with E-state index < -0.39 is 5.54 Å². The summed E-state index contributed by atoms with van der Waals surface area (Å²) in [5, 5.41) is 9.09. The molecule has 17 heavy (non-hydrogen) atoms. The normalized spacial score (nSPS) is 27.0. The minimum atomic E-state index is -0.406. The van der Waals surface area contributed by atoms with Gasteiger partial charge in [0, 0.05) is 31.2 Å². The van der Waals surface area contributed by atoms with Crippen LogP contribution in [0.3, 0.4) is 0 Å². The number of nitrogens with zero attached hydrogens (tertiary/aromatic N) is 2. The van der Waals surface area contributed by atoms with E-state index in [1.54, 1.807) is 0 Å². The molecule has 3 N–H and O–H groups in total. The monoisotopic (exact) mass is 243 g/mol. The molecule has 102 valence electrons. The van der Waals surface area contributed by atoms with Gasteiger partial charge >= 0.3 is 0 Å². The summed E-state index contributed by atoms with van der Waals surface area (Å²) in [6, 6.07) is 0.663. The van der Waals surface area contributed by atoms with Crippen molar-refractivity contribution in [1.82, 2.24) is 9.80 Å². The molecule has 0 amide bonds. The van der Waals surface area contributed by atoms with E-state index in [4.69, 9.17) is 10.8 Å². The van der Waals surface area contributed by atoms with E-state index >= 15 is 0 Å². The second-order valence-electron chi connectivity index (χ2n) is 5.69. The molecule has 0 spiro atoms. The van der Waals surface area contributed by atoms with Crippen LogP contribution in [0.1, 0.15) is 33.6 Å². The van der Waals surface area contributed by atoms with E-state index in [0.29, 0.717) is 6.04 Å². The fraction of sp³-hybridized carbons (Fsp3) is 1.00. The van der Waals surface area contributed by atoms with Gasteiger partial charge in [-0.2, -0.15) is 0 Å². The molecule has 0 aromatic carbocycles. The number of hydrogen-bond donors (Lipinski definition) is 2. The van der Waals surface area contributed by atoms with Crippen molar-refractivity contribution in [2.24, 2.45) is 5.73 Å². The predicted molar refractivity (Wildman–Crippen MR) is 72.1 cm³/mol. The van der Waals surface area contributed by atoms with E-state index in [1.165, 1.54) is 13.1 Å². The largest absolute Gasteiger partial charge is 0.394 e. The van der Waals surface area contributed by atoms with Gasteiger partial charge in [0.15, 0.2) is 0 Å². The Morgan fingerprint density at radius 1 is 1.41 bits per heavy atom. The summed E-state index contributed by atoms with van der Waals surface area (Å²) in [5.41, 5.74) is 5.52. The molecule has 0 aliphatic carbocycles. The van der Waals surface area contributed by atoms with Crippen LogP contribution in [-0.2, 0) is 0 Å². The minimum absolute atomic E-state index is 0.0764. The summed E-state index contributed by atoms with van der Waals surface area (Å²) in [4.78, 5) is 5.04. The van der Waals surface area contributed by atoms with Gasteiger partial charge in [-0.05, 0) is 39.8 Å². The number of rotatable bonds is 6.